The molecule has 2 saturated heterocycles. The summed E-state index contributed by atoms with van der Waals surface area (Å²) in [5.41, 5.74) is 0.856. The fourth-order valence-electron chi connectivity index (χ4n) is 3.61. The Labute approximate surface area is 136 Å². The van der Waals surface area contributed by atoms with Gasteiger partial charge in [-0.1, -0.05) is 18.2 Å². The van der Waals surface area contributed by atoms with Crippen molar-refractivity contribution >= 4 is 10.0 Å². The lowest BCUT2D eigenvalue weighted by Crippen LogP contribution is -2.42. The third kappa shape index (κ3) is 2.58. The zero-order chi connectivity index (χ0) is 15.9. The van der Waals surface area contributed by atoms with Gasteiger partial charge in [-0.15, -0.1) is 0 Å². The van der Waals surface area contributed by atoms with Crippen LogP contribution in [0.25, 0.3) is 5.69 Å². The number of sulfonamides is 1. The summed E-state index contributed by atoms with van der Waals surface area (Å²) >= 11 is 0. The quantitative estimate of drug-likeness (QED) is 0.922. The van der Waals surface area contributed by atoms with Gasteiger partial charge in [-0.3, -0.25) is 0 Å². The average Bonchev–Trinajstić information content (AvgIpc) is 3.13. The summed E-state index contributed by atoms with van der Waals surface area (Å²) < 4.78 is 29.5. The van der Waals surface area contributed by atoms with E-state index in [4.69, 9.17) is 0 Å². The van der Waals surface area contributed by atoms with Gasteiger partial charge in [0.25, 0.3) is 0 Å². The second kappa shape index (κ2) is 5.74. The molecular formula is C16H20N4O2S. The highest BCUT2D eigenvalue weighted by atomic mass is 32.2. The van der Waals surface area contributed by atoms with Gasteiger partial charge in [0.2, 0.25) is 10.0 Å². The molecule has 2 bridgehead atoms. The van der Waals surface area contributed by atoms with Gasteiger partial charge < -0.3 is 5.32 Å². The molecule has 2 unspecified atom stereocenters. The second-order valence-corrected chi connectivity index (χ2v) is 8.01. The summed E-state index contributed by atoms with van der Waals surface area (Å²) in [6.07, 6.45) is 5.84. The number of rotatable bonds is 3. The van der Waals surface area contributed by atoms with Crippen LogP contribution >= 0.6 is 0 Å². The minimum Gasteiger partial charge on any atom is -0.315 e. The Balaban J connectivity index is 1.68. The van der Waals surface area contributed by atoms with Gasteiger partial charge in [-0.05, 0) is 37.9 Å². The van der Waals surface area contributed by atoms with Crippen molar-refractivity contribution in [2.24, 2.45) is 0 Å². The number of para-hydroxylation sites is 1. The lowest BCUT2D eigenvalue weighted by atomic mass is 10.1. The summed E-state index contributed by atoms with van der Waals surface area (Å²) in [4.78, 5) is 0.278. The van der Waals surface area contributed by atoms with E-state index in [-0.39, 0.29) is 17.0 Å². The molecule has 0 spiro atoms. The van der Waals surface area contributed by atoms with Gasteiger partial charge in [0.1, 0.15) is 4.90 Å². The standard InChI is InChI=1S/C16H20N4O2S/c21-23(22,20-14-6-7-15(20)10-17-9-8-14)16-11-18-19(12-16)13-4-2-1-3-5-13/h1-5,11-12,14-15,17H,6-10H2. The van der Waals surface area contributed by atoms with E-state index in [1.807, 2.05) is 30.3 Å². The Morgan fingerprint density at radius 2 is 1.87 bits per heavy atom. The number of hydrogen-bond donors (Lipinski definition) is 1. The number of aromatic nitrogens is 2. The molecular weight excluding hydrogens is 312 g/mol. The molecule has 4 rings (SSSR count). The molecule has 0 radical (unpaired) electrons. The number of hydrogen-bond acceptors (Lipinski definition) is 4. The van der Waals surface area contributed by atoms with Crippen molar-refractivity contribution in [1.82, 2.24) is 19.4 Å². The van der Waals surface area contributed by atoms with Crippen LogP contribution in [0.15, 0.2) is 47.6 Å². The topological polar surface area (TPSA) is 67.2 Å². The van der Waals surface area contributed by atoms with E-state index in [1.165, 1.54) is 6.20 Å². The SMILES string of the molecule is O=S(=O)(c1cnn(-c2ccccc2)c1)N1C2CCNCC1CC2. The van der Waals surface area contributed by atoms with E-state index >= 15 is 0 Å². The van der Waals surface area contributed by atoms with E-state index in [2.05, 4.69) is 10.4 Å². The highest BCUT2D eigenvalue weighted by molar-refractivity contribution is 7.89. The maximum atomic E-state index is 13.1. The number of benzene rings is 1. The molecule has 1 aromatic heterocycles. The highest BCUT2D eigenvalue weighted by Crippen LogP contribution is 2.33. The molecule has 23 heavy (non-hydrogen) atoms. The van der Waals surface area contributed by atoms with Crippen LogP contribution in [0.2, 0.25) is 0 Å². The predicted molar refractivity (Wildman–Crippen MR) is 86.9 cm³/mol. The van der Waals surface area contributed by atoms with Crippen LogP contribution in [-0.2, 0) is 10.0 Å². The molecule has 3 heterocycles. The van der Waals surface area contributed by atoms with Crippen molar-refractivity contribution in [3.05, 3.63) is 42.7 Å². The molecule has 1 N–H and O–H groups in total. The van der Waals surface area contributed by atoms with Gasteiger partial charge in [0, 0.05) is 18.6 Å². The van der Waals surface area contributed by atoms with E-state index in [0.717, 1.165) is 38.0 Å². The van der Waals surface area contributed by atoms with Crippen LogP contribution in [0.3, 0.4) is 0 Å². The van der Waals surface area contributed by atoms with Gasteiger partial charge in [-0.25, -0.2) is 13.1 Å². The smallest absolute Gasteiger partial charge is 0.246 e. The molecule has 2 aliphatic heterocycles. The van der Waals surface area contributed by atoms with Crippen molar-refractivity contribution in [2.45, 2.75) is 36.2 Å². The van der Waals surface area contributed by atoms with E-state index in [1.54, 1.807) is 15.2 Å². The minimum atomic E-state index is -3.50. The minimum absolute atomic E-state index is 0.0626. The lowest BCUT2D eigenvalue weighted by Gasteiger charge is -2.26. The van der Waals surface area contributed by atoms with Crippen molar-refractivity contribution in [1.29, 1.82) is 0 Å². The summed E-state index contributed by atoms with van der Waals surface area (Å²) in [7, 11) is -3.50. The van der Waals surface area contributed by atoms with Crippen molar-refractivity contribution in [2.75, 3.05) is 13.1 Å². The molecule has 2 fully saturated rings. The summed E-state index contributed by atoms with van der Waals surface area (Å²) in [6.45, 7) is 1.62. The van der Waals surface area contributed by atoms with Crippen LogP contribution in [0, 0.1) is 0 Å². The maximum absolute atomic E-state index is 13.1. The van der Waals surface area contributed by atoms with Gasteiger partial charge >= 0.3 is 0 Å². The Kier molecular flexibility index (Phi) is 3.71. The monoisotopic (exact) mass is 332 g/mol. The number of nitrogens with one attached hydrogen (secondary N) is 1. The first kappa shape index (κ1) is 14.9. The van der Waals surface area contributed by atoms with Crippen LogP contribution in [-0.4, -0.2) is 47.7 Å². The van der Waals surface area contributed by atoms with Crippen molar-refractivity contribution in [3.63, 3.8) is 0 Å². The Hall–Kier alpha value is -1.70. The van der Waals surface area contributed by atoms with E-state index < -0.39 is 10.0 Å². The summed E-state index contributed by atoms with van der Waals surface area (Å²) in [5.74, 6) is 0. The second-order valence-electron chi connectivity index (χ2n) is 6.17. The third-order valence-corrected chi connectivity index (χ3v) is 6.70. The number of nitrogens with zero attached hydrogens (tertiary/aromatic N) is 3. The largest absolute Gasteiger partial charge is 0.315 e. The average molecular weight is 332 g/mol. The van der Waals surface area contributed by atoms with E-state index in [9.17, 15) is 8.42 Å². The Bertz CT molecular complexity index is 773. The molecule has 0 saturated carbocycles. The highest BCUT2D eigenvalue weighted by Gasteiger charge is 2.43. The molecule has 0 amide bonds. The molecule has 122 valence electrons. The molecule has 7 heteroatoms. The normalized spacial score (nSPS) is 25.4. The van der Waals surface area contributed by atoms with Crippen LogP contribution in [0.5, 0.6) is 0 Å². The molecule has 2 aromatic rings. The van der Waals surface area contributed by atoms with Gasteiger partial charge in [-0.2, -0.15) is 9.40 Å². The first-order valence-electron chi connectivity index (χ1n) is 8.00. The molecule has 2 aliphatic rings. The Morgan fingerprint density at radius 1 is 1.09 bits per heavy atom. The molecule has 6 nitrogen and oxygen atoms in total. The third-order valence-electron chi connectivity index (χ3n) is 4.74. The van der Waals surface area contributed by atoms with Gasteiger partial charge in [0.05, 0.1) is 18.1 Å². The van der Waals surface area contributed by atoms with Gasteiger partial charge in [0.15, 0.2) is 0 Å². The summed E-state index contributed by atoms with van der Waals surface area (Å²) in [5, 5.41) is 7.57. The lowest BCUT2D eigenvalue weighted by molar-refractivity contribution is 0.334. The zero-order valence-corrected chi connectivity index (χ0v) is 13.6. The van der Waals surface area contributed by atoms with Crippen molar-refractivity contribution in [3.8, 4) is 5.69 Å². The van der Waals surface area contributed by atoms with Crippen molar-refractivity contribution < 1.29 is 8.42 Å². The fraction of sp³-hybridized carbons (Fsp3) is 0.438. The van der Waals surface area contributed by atoms with Crippen LogP contribution < -0.4 is 5.32 Å². The molecule has 2 atom stereocenters. The maximum Gasteiger partial charge on any atom is 0.246 e. The Morgan fingerprint density at radius 3 is 2.70 bits per heavy atom. The summed E-state index contributed by atoms with van der Waals surface area (Å²) in [6, 6.07) is 9.73. The predicted octanol–water partition coefficient (Wildman–Crippen LogP) is 1.39. The first-order valence-corrected chi connectivity index (χ1v) is 9.44. The van der Waals surface area contributed by atoms with Crippen LogP contribution in [0.4, 0.5) is 0 Å². The number of fused-ring (bicyclic) bond motifs is 2. The van der Waals surface area contributed by atoms with Crippen LogP contribution in [0.1, 0.15) is 19.3 Å². The van der Waals surface area contributed by atoms with E-state index in [0.29, 0.717) is 0 Å². The zero-order valence-electron chi connectivity index (χ0n) is 12.8. The molecule has 0 aliphatic carbocycles. The first-order chi connectivity index (χ1) is 11.2. The fourth-order valence-corrected chi connectivity index (χ4v) is 5.45. The molecule has 1 aromatic carbocycles.